The van der Waals surface area contributed by atoms with E-state index in [-0.39, 0.29) is 18.4 Å². The number of fused-ring (bicyclic) bond motifs is 1. The number of hydrogen-bond donors (Lipinski definition) is 0. The Balaban J connectivity index is 2.02. The van der Waals surface area contributed by atoms with Crippen molar-refractivity contribution in [3.8, 4) is 17.2 Å². The van der Waals surface area contributed by atoms with E-state index in [0.29, 0.717) is 26.3 Å². The van der Waals surface area contributed by atoms with Crippen molar-refractivity contribution >= 4 is 40.3 Å². The Morgan fingerprint density at radius 2 is 2.09 bits per heavy atom. The predicted molar refractivity (Wildman–Crippen MR) is 80.1 cm³/mol. The first-order valence-electron chi connectivity index (χ1n) is 6.05. The Bertz CT molecular complexity index is 693. The summed E-state index contributed by atoms with van der Waals surface area (Å²) in [6.45, 7) is -2.99. The van der Waals surface area contributed by atoms with Gasteiger partial charge in [-0.25, -0.2) is 0 Å². The molecular formula is C13H9F2NO4S2. The molecule has 22 heavy (non-hydrogen) atoms. The predicted octanol–water partition coefficient (Wildman–Crippen LogP) is 2.85. The number of nitrogens with zero attached hydrogens (tertiary/aromatic N) is 1. The van der Waals surface area contributed by atoms with Gasteiger partial charge in [0.05, 0.1) is 4.91 Å². The average Bonchev–Trinajstić information content (AvgIpc) is 2.99. The van der Waals surface area contributed by atoms with Gasteiger partial charge in [-0.2, -0.15) is 8.78 Å². The molecule has 1 amide bonds. The average molecular weight is 345 g/mol. The van der Waals surface area contributed by atoms with Gasteiger partial charge in [0, 0.05) is 18.7 Å². The number of thiocarbonyl (C=S) groups is 1. The fourth-order valence-electron chi connectivity index (χ4n) is 1.94. The number of benzene rings is 1. The maximum Gasteiger partial charge on any atom is 0.387 e. The normalized spacial score (nSPS) is 18.7. The molecule has 0 bridgehead atoms. The van der Waals surface area contributed by atoms with Crippen LogP contribution in [-0.2, 0) is 4.79 Å². The first-order valence-corrected chi connectivity index (χ1v) is 7.28. The molecule has 3 rings (SSSR count). The topological polar surface area (TPSA) is 48.0 Å². The number of thioether (sulfide) groups is 1. The molecule has 1 saturated heterocycles. The summed E-state index contributed by atoms with van der Waals surface area (Å²) in [5, 5.41) is 0. The van der Waals surface area contributed by atoms with Gasteiger partial charge in [-0.15, -0.1) is 0 Å². The molecule has 0 atom stereocenters. The number of hydrogen-bond acceptors (Lipinski definition) is 6. The molecule has 0 saturated carbocycles. The van der Waals surface area contributed by atoms with Crippen LogP contribution >= 0.6 is 24.0 Å². The summed E-state index contributed by atoms with van der Waals surface area (Å²) in [6.07, 6.45) is 1.45. The summed E-state index contributed by atoms with van der Waals surface area (Å²) in [7, 11) is 1.55. The SMILES string of the molecule is CN1C(=O)/C(=C/c2cc3c(cc2OC(F)F)OCO3)SC1=S. The monoisotopic (exact) mass is 345 g/mol. The molecule has 0 spiro atoms. The highest BCUT2D eigenvalue weighted by Crippen LogP contribution is 2.41. The fourth-order valence-corrected chi connectivity index (χ4v) is 3.11. The molecule has 0 radical (unpaired) electrons. The lowest BCUT2D eigenvalue weighted by Gasteiger charge is -2.10. The van der Waals surface area contributed by atoms with Gasteiger partial charge in [0.2, 0.25) is 6.79 Å². The van der Waals surface area contributed by atoms with Crippen LogP contribution in [0.4, 0.5) is 8.78 Å². The third-order valence-corrected chi connectivity index (χ3v) is 4.48. The smallest absolute Gasteiger partial charge is 0.387 e. The summed E-state index contributed by atoms with van der Waals surface area (Å²) < 4.78 is 40.3. The van der Waals surface area contributed by atoms with E-state index in [1.54, 1.807) is 7.05 Å². The maximum atomic E-state index is 12.6. The number of amides is 1. The van der Waals surface area contributed by atoms with Gasteiger partial charge in [-0.3, -0.25) is 9.69 Å². The van der Waals surface area contributed by atoms with Crippen molar-refractivity contribution in [3.63, 3.8) is 0 Å². The zero-order chi connectivity index (χ0) is 15.9. The van der Waals surface area contributed by atoms with E-state index in [0.717, 1.165) is 11.8 Å². The van der Waals surface area contributed by atoms with Crippen LogP contribution in [0.3, 0.4) is 0 Å². The van der Waals surface area contributed by atoms with Crippen LogP contribution in [0.2, 0.25) is 0 Å². The van der Waals surface area contributed by atoms with Crippen molar-refractivity contribution in [2.24, 2.45) is 0 Å². The molecule has 5 nitrogen and oxygen atoms in total. The van der Waals surface area contributed by atoms with Crippen LogP contribution in [0, 0.1) is 0 Å². The molecule has 0 aromatic heterocycles. The highest BCUT2D eigenvalue weighted by atomic mass is 32.2. The molecule has 0 N–H and O–H groups in total. The Morgan fingerprint density at radius 1 is 1.41 bits per heavy atom. The second-order valence-electron chi connectivity index (χ2n) is 4.36. The van der Waals surface area contributed by atoms with Gasteiger partial charge in [0.25, 0.3) is 5.91 Å². The zero-order valence-electron chi connectivity index (χ0n) is 11.2. The number of likely N-dealkylation sites (N-methyl/N-ethyl adjacent to an activating group) is 1. The molecule has 2 aliphatic heterocycles. The summed E-state index contributed by atoms with van der Waals surface area (Å²) in [6, 6.07) is 2.80. The highest BCUT2D eigenvalue weighted by molar-refractivity contribution is 8.26. The Labute approximate surface area is 133 Å². The van der Waals surface area contributed by atoms with E-state index in [9.17, 15) is 13.6 Å². The van der Waals surface area contributed by atoms with Gasteiger partial charge in [0.1, 0.15) is 10.1 Å². The number of alkyl halides is 2. The number of rotatable bonds is 3. The van der Waals surface area contributed by atoms with E-state index < -0.39 is 6.61 Å². The molecule has 0 aliphatic carbocycles. The molecular weight excluding hydrogens is 336 g/mol. The van der Waals surface area contributed by atoms with E-state index in [2.05, 4.69) is 4.74 Å². The number of halogens is 2. The first kappa shape index (κ1) is 15.0. The lowest BCUT2D eigenvalue weighted by Crippen LogP contribution is -2.22. The summed E-state index contributed by atoms with van der Waals surface area (Å²) >= 11 is 6.12. The molecule has 116 valence electrons. The van der Waals surface area contributed by atoms with Crippen molar-refractivity contribution in [2.45, 2.75) is 6.61 Å². The minimum Gasteiger partial charge on any atom is -0.454 e. The molecule has 2 heterocycles. The van der Waals surface area contributed by atoms with E-state index in [1.165, 1.54) is 23.1 Å². The minimum absolute atomic E-state index is 0.00395. The summed E-state index contributed by atoms with van der Waals surface area (Å²) in [5.41, 5.74) is 0.290. The van der Waals surface area contributed by atoms with E-state index in [4.69, 9.17) is 21.7 Å². The van der Waals surface area contributed by atoms with Crippen molar-refractivity contribution in [1.82, 2.24) is 4.90 Å². The lowest BCUT2D eigenvalue weighted by atomic mass is 10.1. The first-order chi connectivity index (χ1) is 10.5. The quantitative estimate of drug-likeness (QED) is 0.620. The molecule has 9 heteroatoms. The van der Waals surface area contributed by atoms with Gasteiger partial charge >= 0.3 is 6.61 Å². The third-order valence-electron chi connectivity index (χ3n) is 2.99. The zero-order valence-corrected chi connectivity index (χ0v) is 12.8. The molecule has 0 unspecified atom stereocenters. The van der Waals surface area contributed by atoms with E-state index in [1.807, 2.05) is 0 Å². The highest BCUT2D eigenvalue weighted by Gasteiger charge is 2.29. The molecule has 1 aromatic rings. The number of carbonyl (C=O) groups excluding carboxylic acids is 1. The standard InChI is InChI=1S/C13H9F2NO4S2/c1-16-11(17)10(22-13(16)21)3-6-2-8-9(19-5-18-8)4-7(6)20-12(14)15/h2-4,12H,5H2,1H3/b10-3-. The Kier molecular flexibility index (Phi) is 3.92. The maximum absolute atomic E-state index is 12.6. The number of ether oxygens (including phenoxy) is 3. The van der Waals surface area contributed by atoms with Crippen molar-refractivity contribution in [1.29, 1.82) is 0 Å². The summed E-state index contributed by atoms with van der Waals surface area (Å²) in [5.74, 6) is 0.326. The van der Waals surface area contributed by atoms with Crippen LogP contribution in [-0.4, -0.2) is 35.6 Å². The van der Waals surface area contributed by atoms with Crippen molar-refractivity contribution < 1.29 is 27.8 Å². The van der Waals surface area contributed by atoms with Crippen LogP contribution in [0.5, 0.6) is 17.2 Å². The van der Waals surface area contributed by atoms with Gasteiger partial charge in [-0.1, -0.05) is 24.0 Å². The minimum atomic E-state index is -2.99. The van der Waals surface area contributed by atoms with Crippen LogP contribution in [0.15, 0.2) is 17.0 Å². The molecule has 1 aromatic carbocycles. The molecule has 1 fully saturated rings. The molecule has 2 aliphatic rings. The lowest BCUT2D eigenvalue weighted by molar-refractivity contribution is -0.121. The third kappa shape index (κ3) is 2.73. The summed E-state index contributed by atoms with van der Waals surface area (Å²) in [4.78, 5) is 13.6. The second-order valence-corrected chi connectivity index (χ2v) is 6.04. The van der Waals surface area contributed by atoms with Crippen molar-refractivity contribution in [2.75, 3.05) is 13.8 Å². The van der Waals surface area contributed by atoms with Crippen LogP contribution < -0.4 is 14.2 Å². The number of carbonyl (C=O) groups is 1. The van der Waals surface area contributed by atoms with E-state index >= 15 is 0 Å². The fraction of sp³-hybridized carbons (Fsp3) is 0.231. The second kappa shape index (κ2) is 5.73. The van der Waals surface area contributed by atoms with Crippen LogP contribution in [0.1, 0.15) is 5.56 Å². The Hall–Kier alpha value is -1.87. The Morgan fingerprint density at radius 3 is 2.68 bits per heavy atom. The van der Waals surface area contributed by atoms with Crippen LogP contribution in [0.25, 0.3) is 6.08 Å². The van der Waals surface area contributed by atoms with Crippen molar-refractivity contribution in [3.05, 3.63) is 22.6 Å². The largest absolute Gasteiger partial charge is 0.454 e. The van der Waals surface area contributed by atoms with Gasteiger partial charge < -0.3 is 14.2 Å². The van der Waals surface area contributed by atoms with Gasteiger partial charge in [-0.05, 0) is 12.1 Å². The van der Waals surface area contributed by atoms with Gasteiger partial charge in [0.15, 0.2) is 11.5 Å².